The van der Waals surface area contributed by atoms with Gasteiger partial charge in [0.2, 0.25) is 0 Å². The van der Waals surface area contributed by atoms with E-state index in [2.05, 4.69) is 0 Å². The third kappa shape index (κ3) is 1.88. The molecular weight excluding hydrogens is 146 g/mol. The average Bonchev–Trinajstić information content (AvgIpc) is 1.86. The molecule has 0 unspecified atom stereocenters. The summed E-state index contributed by atoms with van der Waals surface area (Å²) in [5.74, 6) is -2.67. The summed E-state index contributed by atoms with van der Waals surface area (Å²) in [4.78, 5) is 0. The van der Waals surface area contributed by atoms with Crippen molar-refractivity contribution in [2.24, 2.45) is 0 Å². The molecule has 0 aromatic rings. The summed E-state index contributed by atoms with van der Waals surface area (Å²) in [7, 11) is 0. The predicted octanol–water partition coefficient (Wildman–Crippen LogP) is 3.31. The van der Waals surface area contributed by atoms with Crippen LogP contribution < -0.4 is 0 Å². The fraction of sp³-hybridized carbons (Fsp3) is 0.556. The van der Waals surface area contributed by atoms with Gasteiger partial charge in [-0.2, -0.15) is 0 Å². The third-order valence-corrected chi connectivity index (χ3v) is 1.90. The zero-order chi connectivity index (χ0) is 8.48. The molecule has 2 heteroatoms. The fourth-order valence-electron chi connectivity index (χ4n) is 1.30. The average molecular weight is 158 g/mol. The van der Waals surface area contributed by atoms with E-state index in [1.165, 1.54) is 0 Å². The van der Waals surface area contributed by atoms with Crippen LogP contribution in [-0.2, 0) is 0 Å². The van der Waals surface area contributed by atoms with Crippen molar-refractivity contribution in [3.63, 3.8) is 0 Å². The first-order chi connectivity index (χ1) is 5.02. The lowest BCUT2D eigenvalue weighted by Crippen LogP contribution is -2.15. The molecule has 0 nitrogen and oxygen atoms in total. The highest BCUT2D eigenvalue weighted by atomic mass is 19.3. The van der Waals surface area contributed by atoms with E-state index in [0.717, 1.165) is 25.3 Å². The van der Waals surface area contributed by atoms with Crippen molar-refractivity contribution in [1.29, 1.82) is 0 Å². The van der Waals surface area contributed by atoms with E-state index in [1.807, 2.05) is 0 Å². The summed E-state index contributed by atoms with van der Waals surface area (Å²) < 4.78 is 25.5. The van der Waals surface area contributed by atoms with Crippen LogP contribution in [0.2, 0.25) is 0 Å². The second-order valence-electron chi connectivity index (χ2n) is 3.02. The van der Waals surface area contributed by atoms with Gasteiger partial charge in [0.05, 0.1) is 0 Å². The highest BCUT2D eigenvalue weighted by Crippen LogP contribution is 2.31. The molecule has 0 aromatic carbocycles. The quantitative estimate of drug-likeness (QED) is 0.549. The van der Waals surface area contributed by atoms with E-state index < -0.39 is 5.92 Å². The number of allylic oxidation sites excluding steroid dienone is 4. The third-order valence-electron chi connectivity index (χ3n) is 1.90. The van der Waals surface area contributed by atoms with Gasteiger partial charge in [-0.1, -0.05) is 17.7 Å². The molecule has 0 radical (unpaired) electrons. The molecule has 0 aromatic heterocycles. The lowest BCUT2D eigenvalue weighted by molar-refractivity contribution is 0.0658. The van der Waals surface area contributed by atoms with Gasteiger partial charge in [0.25, 0.3) is 5.92 Å². The maximum Gasteiger partial charge on any atom is 0.270 e. The molecule has 1 rings (SSSR count). The van der Waals surface area contributed by atoms with Gasteiger partial charge in [-0.05, 0) is 19.8 Å². The Labute approximate surface area is 65.6 Å². The maximum atomic E-state index is 12.7. The number of hydrogen-bond donors (Lipinski definition) is 0. The van der Waals surface area contributed by atoms with Gasteiger partial charge in [0.15, 0.2) is 0 Å². The summed E-state index contributed by atoms with van der Waals surface area (Å²) in [5, 5.41) is 0. The van der Waals surface area contributed by atoms with Gasteiger partial charge in [-0.3, -0.25) is 0 Å². The van der Waals surface area contributed by atoms with E-state index in [4.69, 9.17) is 0 Å². The molecule has 0 aliphatic heterocycles. The van der Waals surface area contributed by atoms with Crippen LogP contribution >= 0.6 is 0 Å². The van der Waals surface area contributed by atoms with Crippen LogP contribution in [-0.4, -0.2) is 5.92 Å². The highest BCUT2D eigenvalue weighted by molar-refractivity contribution is 5.33. The number of hydrogen-bond acceptors (Lipinski definition) is 0. The molecular formula is C9H12F2. The Hall–Kier alpha value is -0.660. The van der Waals surface area contributed by atoms with Gasteiger partial charge in [-0.15, -0.1) is 0 Å². The molecule has 0 heterocycles. The minimum absolute atomic E-state index is 0.198. The molecule has 1 aliphatic carbocycles. The molecule has 1 aliphatic rings. The fourth-order valence-corrected chi connectivity index (χ4v) is 1.30. The molecule has 11 heavy (non-hydrogen) atoms. The van der Waals surface area contributed by atoms with E-state index in [1.54, 1.807) is 19.1 Å². The molecule has 0 atom stereocenters. The van der Waals surface area contributed by atoms with Crippen molar-refractivity contribution < 1.29 is 8.78 Å². The van der Waals surface area contributed by atoms with Crippen molar-refractivity contribution in [2.45, 2.75) is 32.6 Å². The monoisotopic (exact) mass is 158 g/mol. The largest absolute Gasteiger partial charge is 0.270 e. The Morgan fingerprint density at radius 2 is 2.09 bits per heavy atom. The van der Waals surface area contributed by atoms with Gasteiger partial charge < -0.3 is 0 Å². The van der Waals surface area contributed by atoms with Crippen LogP contribution in [0.15, 0.2) is 23.3 Å². The summed E-state index contributed by atoms with van der Waals surface area (Å²) in [6, 6.07) is 0. The van der Waals surface area contributed by atoms with Crippen LogP contribution in [0.3, 0.4) is 0 Å². The van der Waals surface area contributed by atoms with Crippen LogP contribution in [0.5, 0.6) is 0 Å². The Morgan fingerprint density at radius 3 is 2.45 bits per heavy atom. The zero-order valence-electron chi connectivity index (χ0n) is 6.82. The number of halogens is 2. The first-order valence-electron chi connectivity index (χ1n) is 3.76. The van der Waals surface area contributed by atoms with Crippen LogP contribution in [0.25, 0.3) is 0 Å². The van der Waals surface area contributed by atoms with Crippen molar-refractivity contribution in [3.8, 4) is 0 Å². The molecule has 0 N–H and O–H groups in total. The first-order valence-corrected chi connectivity index (χ1v) is 3.76. The minimum Gasteiger partial charge on any atom is -0.202 e. The normalized spacial score (nSPS) is 19.3. The summed E-state index contributed by atoms with van der Waals surface area (Å²) in [6.07, 6.45) is 5.01. The number of rotatable bonds is 1. The Kier molecular flexibility index (Phi) is 2.12. The molecule has 0 amide bonds. The van der Waals surface area contributed by atoms with Crippen molar-refractivity contribution in [2.75, 3.05) is 0 Å². The lowest BCUT2D eigenvalue weighted by atomic mass is 9.95. The van der Waals surface area contributed by atoms with E-state index in [-0.39, 0.29) is 5.57 Å². The predicted molar refractivity (Wildman–Crippen MR) is 41.7 cm³/mol. The Morgan fingerprint density at radius 1 is 1.45 bits per heavy atom. The smallest absolute Gasteiger partial charge is 0.202 e. The van der Waals surface area contributed by atoms with Crippen molar-refractivity contribution in [3.05, 3.63) is 23.3 Å². The van der Waals surface area contributed by atoms with E-state index in [9.17, 15) is 8.78 Å². The topological polar surface area (TPSA) is 0 Å². The van der Waals surface area contributed by atoms with Crippen molar-refractivity contribution >= 4 is 0 Å². The summed E-state index contributed by atoms with van der Waals surface area (Å²) in [5.41, 5.74) is 1.02. The van der Waals surface area contributed by atoms with Gasteiger partial charge >= 0.3 is 0 Å². The molecule has 0 bridgehead atoms. The zero-order valence-corrected chi connectivity index (χ0v) is 6.82. The van der Waals surface area contributed by atoms with Crippen LogP contribution in [0.1, 0.15) is 26.7 Å². The minimum atomic E-state index is -2.67. The Bertz CT molecular complexity index is 206. The molecule has 0 saturated carbocycles. The lowest BCUT2D eigenvalue weighted by Gasteiger charge is -2.18. The van der Waals surface area contributed by atoms with E-state index >= 15 is 0 Å². The number of alkyl halides is 2. The highest BCUT2D eigenvalue weighted by Gasteiger charge is 2.27. The SMILES string of the molecule is CC1=C(C(C)(F)F)C=CCC1. The summed E-state index contributed by atoms with van der Waals surface area (Å²) in [6.45, 7) is 2.72. The van der Waals surface area contributed by atoms with E-state index in [0.29, 0.717) is 0 Å². The summed E-state index contributed by atoms with van der Waals surface area (Å²) >= 11 is 0. The molecule has 0 spiro atoms. The molecule has 0 fully saturated rings. The van der Waals surface area contributed by atoms with Crippen LogP contribution in [0, 0.1) is 0 Å². The second kappa shape index (κ2) is 2.76. The molecule has 62 valence electrons. The standard InChI is InChI=1S/C9H12F2/c1-7-5-3-4-6-8(7)9(2,10)11/h4,6H,3,5H2,1-2H3. The van der Waals surface area contributed by atoms with Crippen LogP contribution in [0.4, 0.5) is 8.78 Å². The van der Waals surface area contributed by atoms with Gasteiger partial charge in [0, 0.05) is 12.5 Å². The Balaban J connectivity index is 2.93. The van der Waals surface area contributed by atoms with Gasteiger partial charge in [0.1, 0.15) is 0 Å². The van der Waals surface area contributed by atoms with Gasteiger partial charge in [-0.25, -0.2) is 8.78 Å². The molecule has 0 saturated heterocycles. The maximum absolute atomic E-state index is 12.7. The first kappa shape index (κ1) is 8.44. The van der Waals surface area contributed by atoms with Crippen molar-refractivity contribution in [1.82, 2.24) is 0 Å². The second-order valence-corrected chi connectivity index (χ2v) is 3.02.